The minimum absolute atomic E-state index is 0.380. The Balaban J connectivity index is 1.70. The predicted octanol–water partition coefficient (Wildman–Crippen LogP) is 2.78. The molecule has 5 heteroatoms. The summed E-state index contributed by atoms with van der Waals surface area (Å²) in [7, 11) is 0. The quantitative estimate of drug-likeness (QED) is 0.937. The van der Waals surface area contributed by atoms with Crippen LogP contribution in [0.3, 0.4) is 0 Å². The first-order chi connectivity index (χ1) is 9.31. The molecule has 0 radical (unpaired) electrons. The van der Waals surface area contributed by atoms with Crippen molar-refractivity contribution in [1.29, 1.82) is 0 Å². The van der Waals surface area contributed by atoms with Gasteiger partial charge in [0.15, 0.2) is 5.82 Å². The minimum atomic E-state index is 0.380. The molecular formula is C14H16ClN3O. The van der Waals surface area contributed by atoms with E-state index in [0.717, 1.165) is 35.9 Å². The molecule has 100 valence electrons. The van der Waals surface area contributed by atoms with Crippen molar-refractivity contribution in [1.82, 2.24) is 15.5 Å². The van der Waals surface area contributed by atoms with E-state index < -0.39 is 0 Å². The summed E-state index contributed by atoms with van der Waals surface area (Å²) in [6.07, 6.45) is 2.93. The topological polar surface area (TPSA) is 51.0 Å². The summed E-state index contributed by atoms with van der Waals surface area (Å²) in [5.41, 5.74) is 1.09. The van der Waals surface area contributed by atoms with Crippen molar-refractivity contribution in [3.63, 3.8) is 0 Å². The van der Waals surface area contributed by atoms with Gasteiger partial charge in [0.25, 0.3) is 0 Å². The van der Waals surface area contributed by atoms with E-state index in [-0.39, 0.29) is 0 Å². The molecule has 0 amide bonds. The van der Waals surface area contributed by atoms with Gasteiger partial charge in [0.05, 0.1) is 6.42 Å². The maximum absolute atomic E-state index is 5.96. The Kier molecular flexibility index (Phi) is 3.80. The zero-order valence-electron chi connectivity index (χ0n) is 10.6. The van der Waals surface area contributed by atoms with Crippen LogP contribution in [0.1, 0.15) is 36.0 Å². The monoisotopic (exact) mass is 277 g/mol. The highest BCUT2D eigenvalue weighted by molar-refractivity contribution is 6.30. The maximum atomic E-state index is 5.96. The fourth-order valence-electron chi connectivity index (χ4n) is 2.40. The molecule has 1 aromatic carbocycles. The maximum Gasteiger partial charge on any atom is 0.231 e. The van der Waals surface area contributed by atoms with Crippen LogP contribution in [-0.2, 0) is 6.42 Å². The lowest BCUT2D eigenvalue weighted by molar-refractivity contribution is 0.366. The normalized spacial score (nSPS) is 19.5. The molecule has 2 aromatic rings. The van der Waals surface area contributed by atoms with Crippen molar-refractivity contribution in [2.45, 2.75) is 25.2 Å². The highest BCUT2D eigenvalue weighted by Crippen LogP contribution is 2.21. The zero-order valence-corrected chi connectivity index (χ0v) is 11.4. The van der Waals surface area contributed by atoms with Crippen LogP contribution in [0.15, 0.2) is 28.8 Å². The summed E-state index contributed by atoms with van der Waals surface area (Å²) in [6.45, 7) is 2.03. The molecule has 4 nitrogen and oxygen atoms in total. The first-order valence-corrected chi connectivity index (χ1v) is 6.97. The van der Waals surface area contributed by atoms with Crippen LogP contribution in [0.25, 0.3) is 0 Å². The SMILES string of the molecule is Clc1cccc(Cc2nc(C3CCCNC3)no2)c1. The third kappa shape index (κ3) is 3.14. The molecule has 0 aliphatic carbocycles. The number of nitrogens with zero attached hydrogens (tertiary/aromatic N) is 2. The van der Waals surface area contributed by atoms with Crippen LogP contribution in [0.4, 0.5) is 0 Å². The second-order valence-corrected chi connectivity index (χ2v) is 5.33. The van der Waals surface area contributed by atoms with E-state index in [1.165, 1.54) is 6.42 Å². The summed E-state index contributed by atoms with van der Waals surface area (Å²) in [4.78, 5) is 4.50. The van der Waals surface area contributed by atoms with Crippen LogP contribution in [-0.4, -0.2) is 23.2 Å². The van der Waals surface area contributed by atoms with Crippen molar-refractivity contribution in [2.24, 2.45) is 0 Å². The molecule has 3 rings (SSSR count). The Labute approximate surface area is 117 Å². The van der Waals surface area contributed by atoms with Crippen molar-refractivity contribution in [2.75, 3.05) is 13.1 Å². The minimum Gasteiger partial charge on any atom is -0.339 e. The van der Waals surface area contributed by atoms with E-state index in [1.807, 2.05) is 24.3 Å². The lowest BCUT2D eigenvalue weighted by Gasteiger charge is -2.19. The number of benzene rings is 1. The van der Waals surface area contributed by atoms with E-state index >= 15 is 0 Å². The van der Waals surface area contributed by atoms with E-state index in [2.05, 4.69) is 15.5 Å². The van der Waals surface area contributed by atoms with Crippen LogP contribution in [0.2, 0.25) is 5.02 Å². The second-order valence-electron chi connectivity index (χ2n) is 4.90. The van der Waals surface area contributed by atoms with Gasteiger partial charge in [-0.05, 0) is 37.1 Å². The van der Waals surface area contributed by atoms with Crippen molar-refractivity contribution in [3.05, 3.63) is 46.6 Å². The molecule has 1 N–H and O–H groups in total. The third-order valence-electron chi connectivity index (χ3n) is 3.39. The molecule has 1 saturated heterocycles. The number of rotatable bonds is 3. The molecule has 1 aliphatic rings. The predicted molar refractivity (Wildman–Crippen MR) is 73.4 cm³/mol. The van der Waals surface area contributed by atoms with Gasteiger partial charge in [0, 0.05) is 17.5 Å². The summed E-state index contributed by atoms with van der Waals surface area (Å²) in [5.74, 6) is 1.86. The highest BCUT2D eigenvalue weighted by atomic mass is 35.5. The van der Waals surface area contributed by atoms with Gasteiger partial charge in [-0.15, -0.1) is 0 Å². The average Bonchev–Trinajstić information content (AvgIpc) is 2.88. The molecule has 0 spiro atoms. The van der Waals surface area contributed by atoms with Crippen molar-refractivity contribution >= 4 is 11.6 Å². The van der Waals surface area contributed by atoms with Gasteiger partial charge in [0.2, 0.25) is 5.89 Å². The summed E-state index contributed by atoms with van der Waals surface area (Å²) >= 11 is 5.96. The van der Waals surface area contributed by atoms with Gasteiger partial charge >= 0.3 is 0 Å². The molecule has 1 unspecified atom stereocenters. The standard InChI is InChI=1S/C14H16ClN3O/c15-12-5-1-3-10(7-12)8-13-17-14(18-19-13)11-4-2-6-16-9-11/h1,3,5,7,11,16H,2,4,6,8-9H2. The number of aromatic nitrogens is 2. The molecule has 0 saturated carbocycles. The van der Waals surface area contributed by atoms with Gasteiger partial charge in [-0.1, -0.05) is 28.9 Å². The fourth-order valence-corrected chi connectivity index (χ4v) is 2.61. The average molecular weight is 278 g/mol. The Morgan fingerprint density at radius 3 is 3.16 bits per heavy atom. The second kappa shape index (κ2) is 5.72. The van der Waals surface area contributed by atoms with Crippen LogP contribution in [0, 0.1) is 0 Å². The number of hydrogen-bond acceptors (Lipinski definition) is 4. The van der Waals surface area contributed by atoms with Gasteiger partial charge in [0.1, 0.15) is 0 Å². The largest absolute Gasteiger partial charge is 0.339 e. The van der Waals surface area contributed by atoms with Gasteiger partial charge in [-0.3, -0.25) is 0 Å². The smallest absolute Gasteiger partial charge is 0.231 e. The summed E-state index contributed by atoms with van der Waals surface area (Å²) < 4.78 is 5.33. The molecule has 19 heavy (non-hydrogen) atoms. The molecule has 1 atom stereocenters. The third-order valence-corrected chi connectivity index (χ3v) is 3.63. The lowest BCUT2D eigenvalue weighted by Crippen LogP contribution is -2.28. The number of nitrogens with one attached hydrogen (secondary N) is 1. The highest BCUT2D eigenvalue weighted by Gasteiger charge is 2.20. The van der Waals surface area contributed by atoms with Crippen molar-refractivity contribution in [3.8, 4) is 0 Å². The van der Waals surface area contributed by atoms with Crippen molar-refractivity contribution < 1.29 is 4.52 Å². The molecule has 1 aromatic heterocycles. The molecule has 1 aliphatic heterocycles. The number of hydrogen-bond donors (Lipinski definition) is 1. The lowest BCUT2D eigenvalue weighted by atomic mass is 9.99. The fraction of sp³-hybridized carbons (Fsp3) is 0.429. The summed E-state index contributed by atoms with van der Waals surface area (Å²) in [6, 6.07) is 7.73. The zero-order chi connectivity index (χ0) is 13.1. The number of piperidine rings is 1. The van der Waals surface area contributed by atoms with E-state index in [9.17, 15) is 0 Å². The molecular weight excluding hydrogens is 262 g/mol. The Morgan fingerprint density at radius 1 is 1.42 bits per heavy atom. The van der Waals surface area contributed by atoms with E-state index in [1.54, 1.807) is 0 Å². The van der Waals surface area contributed by atoms with E-state index in [4.69, 9.17) is 16.1 Å². The number of halogens is 1. The van der Waals surface area contributed by atoms with E-state index in [0.29, 0.717) is 18.2 Å². The molecule has 2 heterocycles. The van der Waals surface area contributed by atoms with Crippen LogP contribution < -0.4 is 5.32 Å². The Morgan fingerprint density at radius 2 is 2.37 bits per heavy atom. The van der Waals surface area contributed by atoms with Gasteiger partial charge in [-0.25, -0.2) is 0 Å². The Hall–Kier alpha value is -1.39. The van der Waals surface area contributed by atoms with Gasteiger partial charge < -0.3 is 9.84 Å². The summed E-state index contributed by atoms with van der Waals surface area (Å²) in [5, 5.41) is 8.19. The first-order valence-electron chi connectivity index (χ1n) is 6.59. The van der Waals surface area contributed by atoms with Crippen LogP contribution in [0.5, 0.6) is 0 Å². The first kappa shape index (κ1) is 12.6. The molecule has 0 bridgehead atoms. The Bertz CT molecular complexity index is 549. The van der Waals surface area contributed by atoms with Crippen LogP contribution >= 0.6 is 11.6 Å². The molecule has 1 fully saturated rings. The van der Waals surface area contributed by atoms with Gasteiger partial charge in [-0.2, -0.15) is 4.98 Å².